The second-order valence-electron chi connectivity index (χ2n) is 5.18. The molecule has 0 aliphatic carbocycles. The highest BCUT2D eigenvalue weighted by atomic mass is 16.5. The fraction of sp³-hybridized carbons (Fsp3) is 0.333. The Morgan fingerprint density at radius 3 is 2.19 bits per heavy atom. The molecule has 21 heavy (non-hydrogen) atoms. The molecular formula is C18H23NO2. The number of hydrogen-bond donors (Lipinski definition) is 1. The largest absolute Gasteiger partial charge is 0.497 e. The molecule has 0 amide bonds. The van der Waals surface area contributed by atoms with Crippen molar-refractivity contribution in [2.75, 3.05) is 14.2 Å². The Balaban J connectivity index is 2.07. The molecule has 0 aliphatic heterocycles. The molecule has 0 aromatic heterocycles. The summed E-state index contributed by atoms with van der Waals surface area (Å²) in [5, 5.41) is 3.55. The van der Waals surface area contributed by atoms with E-state index in [2.05, 4.69) is 43.4 Å². The van der Waals surface area contributed by atoms with E-state index in [-0.39, 0.29) is 0 Å². The lowest BCUT2D eigenvalue weighted by atomic mass is 10.0. The predicted octanol–water partition coefficient (Wildman–Crippen LogP) is 3.86. The summed E-state index contributed by atoms with van der Waals surface area (Å²) in [4.78, 5) is 0. The molecule has 3 heteroatoms. The van der Waals surface area contributed by atoms with E-state index in [0.29, 0.717) is 6.04 Å². The second kappa shape index (κ2) is 7.14. The number of aryl methyl sites for hydroxylation is 1. The van der Waals surface area contributed by atoms with Gasteiger partial charge in [-0.05, 0) is 42.7 Å². The van der Waals surface area contributed by atoms with Crippen LogP contribution in [0.25, 0.3) is 0 Å². The van der Waals surface area contributed by atoms with Crippen LogP contribution in [0.4, 0.5) is 0 Å². The van der Waals surface area contributed by atoms with Crippen molar-refractivity contribution < 1.29 is 9.47 Å². The van der Waals surface area contributed by atoms with Crippen LogP contribution in [0.5, 0.6) is 11.5 Å². The van der Waals surface area contributed by atoms with Crippen molar-refractivity contribution in [3.05, 3.63) is 59.2 Å². The van der Waals surface area contributed by atoms with Gasteiger partial charge in [0.2, 0.25) is 0 Å². The zero-order chi connectivity index (χ0) is 15.2. The zero-order valence-corrected chi connectivity index (χ0v) is 13.1. The molecule has 0 aliphatic rings. The van der Waals surface area contributed by atoms with Crippen LogP contribution in [-0.4, -0.2) is 14.2 Å². The van der Waals surface area contributed by atoms with E-state index in [1.54, 1.807) is 14.2 Å². The standard InChI is InChI=1S/C18H23NO2/c1-13-7-5-6-8-18(13)14(2)19-12-15-9-16(20-3)11-17(10-15)21-4/h5-11,14,19H,12H2,1-4H3/t14-/m0/s1. The fourth-order valence-electron chi connectivity index (χ4n) is 2.42. The SMILES string of the molecule is COc1cc(CN[C@@H](C)c2ccccc2C)cc(OC)c1. The summed E-state index contributed by atoms with van der Waals surface area (Å²) in [5.74, 6) is 1.63. The van der Waals surface area contributed by atoms with Crippen molar-refractivity contribution in [3.8, 4) is 11.5 Å². The van der Waals surface area contributed by atoms with Crippen molar-refractivity contribution in [2.24, 2.45) is 0 Å². The molecule has 2 rings (SSSR count). The predicted molar refractivity (Wildman–Crippen MR) is 86.0 cm³/mol. The molecule has 1 N–H and O–H groups in total. The van der Waals surface area contributed by atoms with Crippen molar-refractivity contribution >= 4 is 0 Å². The quantitative estimate of drug-likeness (QED) is 0.874. The van der Waals surface area contributed by atoms with Gasteiger partial charge >= 0.3 is 0 Å². The molecule has 112 valence electrons. The van der Waals surface area contributed by atoms with E-state index in [9.17, 15) is 0 Å². The summed E-state index contributed by atoms with van der Waals surface area (Å²) in [7, 11) is 3.34. The van der Waals surface area contributed by atoms with Gasteiger partial charge in [-0.15, -0.1) is 0 Å². The highest BCUT2D eigenvalue weighted by Crippen LogP contribution is 2.23. The number of hydrogen-bond acceptors (Lipinski definition) is 3. The molecule has 0 bridgehead atoms. The molecule has 3 nitrogen and oxygen atoms in total. The van der Waals surface area contributed by atoms with Gasteiger partial charge in [0.1, 0.15) is 11.5 Å². The van der Waals surface area contributed by atoms with Gasteiger partial charge in [-0.1, -0.05) is 24.3 Å². The molecule has 0 fully saturated rings. The molecule has 0 saturated carbocycles. The lowest BCUT2D eigenvalue weighted by Gasteiger charge is -2.17. The van der Waals surface area contributed by atoms with E-state index < -0.39 is 0 Å². The van der Waals surface area contributed by atoms with E-state index >= 15 is 0 Å². The maximum absolute atomic E-state index is 5.30. The van der Waals surface area contributed by atoms with Crippen LogP contribution in [0.2, 0.25) is 0 Å². The Labute approximate surface area is 126 Å². The summed E-state index contributed by atoms with van der Waals surface area (Å²) in [5.41, 5.74) is 3.78. The average molecular weight is 285 g/mol. The van der Waals surface area contributed by atoms with E-state index in [0.717, 1.165) is 23.6 Å². The van der Waals surface area contributed by atoms with Gasteiger partial charge in [-0.3, -0.25) is 0 Å². The summed E-state index contributed by atoms with van der Waals surface area (Å²) >= 11 is 0. The van der Waals surface area contributed by atoms with Gasteiger partial charge in [0, 0.05) is 18.7 Å². The lowest BCUT2D eigenvalue weighted by molar-refractivity contribution is 0.392. The third-order valence-electron chi connectivity index (χ3n) is 3.68. The van der Waals surface area contributed by atoms with Crippen LogP contribution in [0.15, 0.2) is 42.5 Å². The van der Waals surface area contributed by atoms with Crippen molar-refractivity contribution in [1.29, 1.82) is 0 Å². The van der Waals surface area contributed by atoms with Crippen LogP contribution >= 0.6 is 0 Å². The Bertz CT molecular complexity index is 573. The average Bonchev–Trinajstić information content (AvgIpc) is 2.52. The van der Waals surface area contributed by atoms with Crippen LogP contribution in [0, 0.1) is 6.92 Å². The minimum Gasteiger partial charge on any atom is -0.497 e. The zero-order valence-electron chi connectivity index (χ0n) is 13.1. The summed E-state index contributed by atoms with van der Waals surface area (Å²) in [6.45, 7) is 5.09. The number of methoxy groups -OCH3 is 2. The summed E-state index contributed by atoms with van der Waals surface area (Å²) < 4.78 is 10.6. The van der Waals surface area contributed by atoms with E-state index in [1.165, 1.54) is 11.1 Å². The monoisotopic (exact) mass is 285 g/mol. The third-order valence-corrected chi connectivity index (χ3v) is 3.68. The molecule has 0 saturated heterocycles. The summed E-state index contributed by atoms with van der Waals surface area (Å²) in [6, 6.07) is 14.7. The Hall–Kier alpha value is -2.00. The highest BCUT2D eigenvalue weighted by molar-refractivity contribution is 5.38. The van der Waals surface area contributed by atoms with Crippen LogP contribution in [0.1, 0.15) is 29.7 Å². The first-order chi connectivity index (χ1) is 10.1. The number of benzene rings is 2. The topological polar surface area (TPSA) is 30.5 Å². The number of ether oxygens (including phenoxy) is 2. The smallest absolute Gasteiger partial charge is 0.122 e. The normalized spacial score (nSPS) is 12.0. The minimum atomic E-state index is 0.295. The number of nitrogens with one attached hydrogen (secondary N) is 1. The van der Waals surface area contributed by atoms with Gasteiger partial charge in [-0.25, -0.2) is 0 Å². The van der Waals surface area contributed by atoms with Crippen molar-refractivity contribution in [2.45, 2.75) is 26.4 Å². The van der Waals surface area contributed by atoms with Gasteiger partial charge in [0.15, 0.2) is 0 Å². The van der Waals surface area contributed by atoms with Gasteiger partial charge in [0.25, 0.3) is 0 Å². The Kier molecular flexibility index (Phi) is 5.23. The van der Waals surface area contributed by atoms with Crippen molar-refractivity contribution in [1.82, 2.24) is 5.32 Å². The Morgan fingerprint density at radius 2 is 1.62 bits per heavy atom. The van der Waals surface area contributed by atoms with Crippen LogP contribution in [-0.2, 0) is 6.54 Å². The molecule has 0 unspecified atom stereocenters. The van der Waals surface area contributed by atoms with Crippen LogP contribution in [0.3, 0.4) is 0 Å². The first-order valence-corrected chi connectivity index (χ1v) is 7.15. The first kappa shape index (κ1) is 15.4. The maximum Gasteiger partial charge on any atom is 0.122 e. The van der Waals surface area contributed by atoms with Crippen LogP contribution < -0.4 is 14.8 Å². The fourth-order valence-corrected chi connectivity index (χ4v) is 2.42. The molecule has 2 aromatic rings. The van der Waals surface area contributed by atoms with E-state index in [4.69, 9.17) is 9.47 Å². The molecular weight excluding hydrogens is 262 g/mol. The third kappa shape index (κ3) is 3.99. The lowest BCUT2D eigenvalue weighted by Crippen LogP contribution is -2.18. The number of rotatable bonds is 6. The highest BCUT2D eigenvalue weighted by Gasteiger charge is 2.08. The minimum absolute atomic E-state index is 0.295. The molecule has 2 aromatic carbocycles. The molecule has 0 spiro atoms. The Morgan fingerprint density at radius 1 is 1.00 bits per heavy atom. The van der Waals surface area contributed by atoms with Gasteiger partial charge in [0.05, 0.1) is 14.2 Å². The second-order valence-corrected chi connectivity index (χ2v) is 5.18. The maximum atomic E-state index is 5.30. The van der Waals surface area contributed by atoms with Gasteiger partial charge < -0.3 is 14.8 Å². The molecule has 0 heterocycles. The van der Waals surface area contributed by atoms with Gasteiger partial charge in [-0.2, -0.15) is 0 Å². The molecule has 0 radical (unpaired) electrons. The van der Waals surface area contributed by atoms with E-state index in [1.807, 2.05) is 18.2 Å². The van der Waals surface area contributed by atoms with Crippen molar-refractivity contribution in [3.63, 3.8) is 0 Å². The first-order valence-electron chi connectivity index (χ1n) is 7.15. The molecule has 1 atom stereocenters. The summed E-state index contributed by atoms with van der Waals surface area (Å²) in [6.07, 6.45) is 0.